The number of aliphatic hydroxyl groups is 1. The number of aliphatic hydroxyl groups excluding tert-OH is 1. The van der Waals surface area contributed by atoms with E-state index in [1.807, 2.05) is 13.8 Å². The van der Waals surface area contributed by atoms with Crippen molar-refractivity contribution in [3.63, 3.8) is 0 Å². The third kappa shape index (κ3) is 2.01. The van der Waals surface area contributed by atoms with Crippen molar-refractivity contribution < 1.29 is 14.6 Å². The van der Waals surface area contributed by atoms with Gasteiger partial charge in [-0.15, -0.1) is 0 Å². The second kappa shape index (κ2) is 3.79. The maximum absolute atomic E-state index is 12.2. The molecule has 0 amide bonds. The minimum atomic E-state index is -0.411. The smallest absolute Gasteiger partial charge is 0.312 e. The van der Waals surface area contributed by atoms with E-state index in [-0.39, 0.29) is 28.8 Å². The van der Waals surface area contributed by atoms with E-state index in [0.29, 0.717) is 0 Å². The highest BCUT2D eigenvalue weighted by Crippen LogP contribution is 2.64. The molecule has 2 saturated carbocycles. The van der Waals surface area contributed by atoms with Gasteiger partial charge >= 0.3 is 5.97 Å². The molecular formula is C17H28O3. The third-order valence-corrected chi connectivity index (χ3v) is 5.84. The van der Waals surface area contributed by atoms with Gasteiger partial charge in [0.25, 0.3) is 0 Å². The molecule has 114 valence electrons. The lowest BCUT2D eigenvalue weighted by Crippen LogP contribution is -2.43. The lowest BCUT2D eigenvalue weighted by molar-refractivity contribution is -0.159. The molecule has 1 N–H and O–H groups in total. The van der Waals surface area contributed by atoms with Crippen molar-refractivity contribution in [2.45, 2.75) is 78.4 Å². The fourth-order valence-electron chi connectivity index (χ4n) is 5.68. The molecule has 3 fully saturated rings. The molecule has 1 heterocycles. The van der Waals surface area contributed by atoms with Crippen molar-refractivity contribution in [2.75, 3.05) is 0 Å². The number of ether oxygens (including phenoxy) is 1. The molecule has 0 radical (unpaired) electrons. The Bertz CT molecular complexity index is 453. The minimum Gasteiger partial charge on any atom is -0.458 e. The predicted octanol–water partition coefficient (Wildman–Crippen LogP) is 3.30. The van der Waals surface area contributed by atoms with E-state index in [2.05, 4.69) is 20.8 Å². The minimum absolute atomic E-state index is 0.0845. The number of hydrogen-bond donors (Lipinski definition) is 1. The Kier molecular flexibility index (Phi) is 2.72. The normalized spacial score (nSPS) is 49.2. The number of rotatable bonds is 0. The van der Waals surface area contributed by atoms with Crippen LogP contribution in [0.3, 0.4) is 0 Å². The summed E-state index contributed by atoms with van der Waals surface area (Å²) in [5.41, 5.74) is -0.460. The van der Waals surface area contributed by atoms with Gasteiger partial charge in [-0.25, -0.2) is 0 Å². The van der Waals surface area contributed by atoms with Crippen LogP contribution in [0.25, 0.3) is 0 Å². The highest BCUT2D eigenvalue weighted by atomic mass is 16.6. The summed E-state index contributed by atoms with van der Waals surface area (Å²) in [4.78, 5) is 12.2. The van der Waals surface area contributed by atoms with E-state index in [9.17, 15) is 9.90 Å². The van der Waals surface area contributed by atoms with Crippen molar-refractivity contribution in [3.8, 4) is 0 Å². The van der Waals surface area contributed by atoms with E-state index in [0.717, 1.165) is 32.1 Å². The Morgan fingerprint density at radius 2 is 1.70 bits per heavy atom. The first-order chi connectivity index (χ1) is 8.97. The van der Waals surface area contributed by atoms with E-state index in [1.54, 1.807) is 0 Å². The second-order valence-corrected chi connectivity index (χ2v) is 9.43. The summed E-state index contributed by atoms with van der Waals surface area (Å²) in [5.74, 6) is 0.0267. The zero-order valence-corrected chi connectivity index (χ0v) is 13.5. The van der Waals surface area contributed by atoms with E-state index in [1.165, 1.54) is 0 Å². The fraction of sp³-hybridized carbons (Fsp3) is 0.941. The van der Waals surface area contributed by atoms with Crippen LogP contribution < -0.4 is 0 Å². The van der Waals surface area contributed by atoms with Crippen LogP contribution in [0.15, 0.2) is 0 Å². The summed E-state index contributed by atoms with van der Waals surface area (Å²) in [7, 11) is 0. The van der Waals surface area contributed by atoms with Gasteiger partial charge in [0.15, 0.2) is 0 Å². The van der Waals surface area contributed by atoms with Gasteiger partial charge in [0, 0.05) is 12.3 Å². The highest BCUT2D eigenvalue weighted by molar-refractivity contribution is 5.79. The van der Waals surface area contributed by atoms with Gasteiger partial charge in [-0.1, -0.05) is 20.8 Å². The third-order valence-electron chi connectivity index (χ3n) is 5.84. The zero-order chi connectivity index (χ0) is 15.0. The molecule has 1 saturated heterocycles. The van der Waals surface area contributed by atoms with Crippen LogP contribution in [-0.4, -0.2) is 22.8 Å². The van der Waals surface area contributed by atoms with Gasteiger partial charge in [-0.2, -0.15) is 0 Å². The van der Waals surface area contributed by atoms with Crippen molar-refractivity contribution in [3.05, 3.63) is 0 Å². The summed E-state index contributed by atoms with van der Waals surface area (Å²) in [6.45, 7) is 10.8. The quantitative estimate of drug-likeness (QED) is 0.693. The van der Waals surface area contributed by atoms with E-state index in [4.69, 9.17) is 4.74 Å². The average molecular weight is 280 g/mol. The first-order valence-corrected chi connectivity index (χ1v) is 7.89. The summed E-state index contributed by atoms with van der Waals surface area (Å²) in [6, 6.07) is 0. The summed E-state index contributed by atoms with van der Waals surface area (Å²) in [5, 5.41) is 10.7. The molecule has 1 spiro atoms. The predicted molar refractivity (Wildman–Crippen MR) is 77.1 cm³/mol. The Morgan fingerprint density at radius 3 is 2.25 bits per heavy atom. The molecule has 3 nitrogen and oxygen atoms in total. The first-order valence-electron chi connectivity index (χ1n) is 7.89. The molecule has 4 atom stereocenters. The Hall–Kier alpha value is -0.570. The number of carbonyl (C=O) groups excluding carboxylic acids is 1. The van der Waals surface area contributed by atoms with E-state index < -0.39 is 11.0 Å². The first kappa shape index (κ1) is 14.4. The number of hydrogen-bond acceptors (Lipinski definition) is 3. The van der Waals surface area contributed by atoms with E-state index >= 15 is 0 Å². The van der Waals surface area contributed by atoms with Crippen LogP contribution >= 0.6 is 0 Å². The maximum Gasteiger partial charge on any atom is 0.312 e. The highest BCUT2D eigenvalue weighted by Gasteiger charge is 2.65. The monoisotopic (exact) mass is 280 g/mol. The average Bonchev–Trinajstić information content (AvgIpc) is 2.55. The molecule has 0 aromatic carbocycles. The van der Waals surface area contributed by atoms with Crippen LogP contribution in [-0.2, 0) is 9.53 Å². The zero-order valence-electron chi connectivity index (χ0n) is 13.5. The largest absolute Gasteiger partial charge is 0.458 e. The van der Waals surface area contributed by atoms with Crippen molar-refractivity contribution in [2.24, 2.45) is 22.2 Å². The summed E-state index contributed by atoms with van der Waals surface area (Å²) >= 11 is 0. The lowest BCUT2D eigenvalue weighted by atomic mass is 9.68. The van der Waals surface area contributed by atoms with Crippen LogP contribution in [0.4, 0.5) is 0 Å². The lowest BCUT2D eigenvalue weighted by Gasteiger charge is -2.40. The van der Waals surface area contributed by atoms with Gasteiger partial charge in [-0.05, 0) is 50.4 Å². The Balaban J connectivity index is 1.97. The van der Waals surface area contributed by atoms with Gasteiger partial charge in [-0.3, -0.25) is 4.79 Å². The van der Waals surface area contributed by atoms with Gasteiger partial charge in [0.1, 0.15) is 5.60 Å². The van der Waals surface area contributed by atoms with Crippen molar-refractivity contribution >= 4 is 5.97 Å². The number of fused-ring (bicyclic) bond motifs is 3. The Morgan fingerprint density at radius 1 is 1.05 bits per heavy atom. The fourth-order valence-corrected chi connectivity index (χ4v) is 5.68. The van der Waals surface area contributed by atoms with Gasteiger partial charge in [0.2, 0.25) is 0 Å². The van der Waals surface area contributed by atoms with Crippen molar-refractivity contribution in [1.29, 1.82) is 0 Å². The number of esters is 1. The summed E-state index contributed by atoms with van der Waals surface area (Å²) < 4.78 is 5.90. The molecular weight excluding hydrogens is 252 g/mol. The molecule has 2 aliphatic carbocycles. The SMILES string of the molecule is CC1(C)C[C@@H](O)[C@H]2C[C@@](C)(C1)C[C@@]21CC(C)(C)C(=O)O1. The molecule has 3 heteroatoms. The van der Waals surface area contributed by atoms with Crippen LogP contribution in [0.5, 0.6) is 0 Å². The molecule has 1 aliphatic heterocycles. The molecule has 0 aromatic heterocycles. The molecule has 2 bridgehead atoms. The van der Waals surface area contributed by atoms with Crippen LogP contribution in [0, 0.1) is 22.2 Å². The van der Waals surface area contributed by atoms with Gasteiger partial charge < -0.3 is 9.84 Å². The maximum atomic E-state index is 12.2. The standard InChI is InChI=1S/C17H28O3/c1-14(2)7-12(18)11-6-16(5,8-14)10-17(11)9-15(3,4)13(19)20-17/h11-12,18H,6-10H2,1-5H3/t11-,12-,16+,17+/m1/s1. The molecule has 0 unspecified atom stereocenters. The number of carbonyl (C=O) groups is 1. The Labute approximate surface area is 122 Å². The van der Waals surface area contributed by atoms with Gasteiger partial charge in [0.05, 0.1) is 11.5 Å². The molecule has 3 aliphatic rings. The van der Waals surface area contributed by atoms with Crippen molar-refractivity contribution in [1.82, 2.24) is 0 Å². The van der Waals surface area contributed by atoms with Crippen LogP contribution in [0.2, 0.25) is 0 Å². The summed E-state index contributed by atoms with van der Waals surface area (Å²) in [6.07, 6.45) is 4.23. The molecule has 20 heavy (non-hydrogen) atoms. The molecule has 0 aromatic rings. The molecule has 3 rings (SSSR count). The topological polar surface area (TPSA) is 46.5 Å². The van der Waals surface area contributed by atoms with Crippen LogP contribution in [0.1, 0.15) is 66.7 Å². The second-order valence-electron chi connectivity index (χ2n) is 9.43.